The molecule has 0 saturated carbocycles. The molecule has 0 radical (unpaired) electrons. The van der Waals surface area contributed by atoms with E-state index in [4.69, 9.17) is 10.5 Å². The van der Waals surface area contributed by atoms with Crippen LogP contribution in [-0.2, 0) is 0 Å². The summed E-state index contributed by atoms with van der Waals surface area (Å²) in [5.74, 6) is -0.155. The average Bonchev–Trinajstić information content (AvgIpc) is 2.31. The van der Waals surface area contributed by atoms with E-state index in [0.717, 1.165) is 11.1 Å². The van der Waals surface area contributed by atoms with Crippen molar-refractivity contribution in [2.24, 2.45) is 5.73 Å². The van der Waals surface area contributed by atoms with Crippen molar-refractivity contribution in [3.63, 3.8) is 0 Å². The molecule has 0 heterocycles. The van der Waals surface area contributed by atoms with E-state index in [9.17, 15) is 9.18 Å². The van der Waals surface area contributed by atoms with Crippen molar-refractivity contribution in [1.29, 1.82) is 0 Å². The van der Waals surface area contributed by atoms with Crippen LogP contribution in [0.2, 0.25) is 0 Å². The number of hydrogen-bond acceptors (Lipinski definition) is 2. The van der Waals surface area contributed by atoms with Crippen LogP contribution in [0, 0.1) is 12.7 Å². The predicted octanol–water partition coefficient (Wildman–Crippen LogP) is 3.26. The summed E-state index contributed by atoms with van der Waals surface area (Å²) in [5, 5.41) is 0. The Morgan fingerprint density at radius 3 is 2.67 bits per heavy atom. The molecule has 1 amide bonds. The van der Waals surface area contributed by atoms with E-state index >= 15 is 0 Å². The van der Waals surface area contributed by atoms with Gasteiger partial charge in [-0.3, -0.25) is 0 Å². The number of rotatable bonds is 2. The van der Waals surface area contributed by atoms with Crippen LogP contribution in [-0.4, -0.2) is 6.09 Å². The normalized spacial score (nSPS) is 10.1. The Hall–Kier alpha value is -2.36. The van der Waals surface area contributed by atoms with Crippen LogP contribution in [0.4, 0.5) is 9.18 Å². The molecule has 2 N–H and O–H groups in total. The first-order valence-corrected chi connectivity index (χ1v) is 5.40. The number of hydrogen-bond donors (Lipinski definition) is 1. The van der Waals surface area contributed by atoms with Gasteiger partial charge in [-0.05, 0) is 30.7 Å². The van der Waals surface area contributed by atoms with Gasteiger partial charge in [-0.15, -0.1) is 0 Å². The number of benzene rings is 2. The van der Waals surface area contributed by atoms with Crippen molar-refractivity contribution >= 4 is 6.09 Å². The Morgan fingerprint density at radius 2 is 2.00 bits per heavy atom. The van der Waals surface area contributed by atoms with Crippen LogP contribution < -0.4 is 10.5 Å². The number of nitrogens with two attached hydrogens (primary N) is 1. The quantitative estimate of drug-likeness (QED) is 0.882. The van der Waals surface area contributed by atoms with Crippen LogP contribution in [0.15, 0.2) is 42.5 Å². The minimum atomic E-state index is -0.921. The van der Waals surface area contributed by atoms with Gasteiger partial charge < -0.3 is 10.5 Å². The Kier molecular flexibility index (Phi) is 3.28. The van der Waals surface area contributed by atoms with Gasteiger partial charge in [0.2, 0.25) is 0 Å². The molecule has 92 valence electrons. The predicted molar refractivity (Wildman–Crippen MR) is 66.8 cm³/mol. The van der Waals surface area contributed by atoms with Crippen LogP contribution >= 0.6 is 0 Å². The SMILES string of the molecule is Cc1cccc(-c2cc(F)ccc2OC(N)=O)c1. The molecule has 2 aromatic carbocycles. The topological polar surface area (TPSA) is 52.3 Å². The molecule has 0 aliphatic heterocycles. The molecule has 0 aromatic heterocycles. The number of carbonyl (C=O) groups excluding carboxylic acids is 1. The Balaban J connectivity index is 2.54. The van der Waals surface area contributed by atoms with E-state index in [-0.39, 0.29) is 5.75 Å². The number of amides is 1. The summed E-state index contributed by atoms with van der Waals surface area (Å²) in [6.07, 6.45) is -0.921. The Bertz CT molecular complexity index is 596. The summed E-state index contributed by atoms with van der Waals surface area (Å²) in [6.45, 7) is 1.93. The number of primary amides is 1. The lowest BCUT2D eigenvalue weighted by molar-refractivity contribution is 0.211. The third-order valence-corrected chi connectivity index (χ3v) is 2.48. The molecular formula is C14H12FNO2. The molecule has 0 fully saturated rings. The van der Waals surface area contributed by atoms with Gasteiger partial charge in [0.15, 0.2) is 0 Å². The van der Waals surface area contributed by atoms with Gasteiger partial charge in [-0.25, -0.2) is 9.18 Å². The molecule has 18 heavy (non-hydrogen) atoms. The van der Waals surface area contributed by atoms with Gasteiger partial charge >= 0.3 is 6.09 Å². The number of halogens is 1. The second kappa shape index (κ2) is 4.87. The molecule has 2 rings (SSSR count). The van der Waals surface area contributed by atoms with Gasteiger partial charge in [0, 0.05) is 5.56 Å². The maximum atomic E-state index is 13.3. The van der Waals surface area contributed by atoms with Crippen molar-refractivity contribution in [2.45, 2.75) is 6.92 Å². The Morgan fingerprint density at radius 1 is 1.22 bits per heavy atom. The molecule has 0 saturated heterocycles. The summed E-state index contributed by atoms with van der Waals surface area (Å²) in [6, 6.07) is 11.4. The zero-order chi connectivity index (χ0) is 13.1. The van der Waals surface area contributed by atoms with E-state index in [1.807, 2.05) is 31.2 Å². The highest BCUT2D eigenvalue weighted by atomic mass is 19.1. The van der Waals surface area contributed by atoms with E-state index in [1.165, 1.54) is 18.2 Å². The standard InChI is InChI=1S/C14H12FNO2/c1-9-3-2-4-10(7-9)12-8-11(15)5-6-13(12)18-14(16)17/h2-8H,1H3,(H2,16,17). The van der Waals surface area contributed by atoms with Crippen molar-refractivity contribution in [3.05, 3.63) is 53.8 Å². The first-order chi connectivity index (χ1) is 8.56. The summed E-state index contributed by atoms with van der Waals surface area (Å²) in [4.78, 5) is 10.8. The van der Waals surface area contributed by atoms with Gasteiger partial charge in [-0.1, -0.05) is 29.8 Å². The van der Waals surface area contributed by atoms with Gasteiger partial charge in [0.05, 0.1) is 0 Å². The van der Waals surface area contributed by atoms with Gasteiger partial charge in [-0.2, -0.15) is 0 Å². The third kappa shape index (κ3) is 2.66. The fourth-order valence-electron chi connectivity index (χ4n) is 1.74. The molecule has 0 atom stereocenters. The Labute approximate surface area is 104 Å². The molecular weight excluding hydrogens is 233 g/mol. The average molecular weight is 245 g/mol. The number of ether oxygens (including phenoxy) is 1. The highest BCUT2D eigenvalue weighted by Gasteiger charge is 2.10. The molecule has 2 aromatic rings. The summed E-state index contributed by atoms with van der Waals surface area (Å²) >= 11 is 0. The molecule has 0 aliphatic rings. The van der Waals surface area contributed by atoms with Crippen LogP contribution in [0.3, 0.4) is 0 Å². The fourth-order valence-corrected chi connectivity index (χ4v) is 1.74. The van der Waals surface area contributed by atoms with E-state index < -0.39 is 11.9 Å². The molecule has 0 aliphatic carbocycles. The lowest BCUT2D eigenvalue weighted by atomic mass is 10.0. The first-order valence-electron chi connectivity index (χ1n) is 5.40. The van der Waals surface area contributed by atoms with E-state index in [2.05, 4.69) is 0 Å². The number of aryl methyl sites for hydroxylation is 1. The lowest BCUT2D eigenvalue weighted by Crippen LogP contribution is -2.16. The molecule has 3 nitrogen and oxygen atoms in total. The molecule has 0 unspecified atom stereocenters. The van der Waals surface area contributed by atoms with E-state index in [1.54, 1.807) is 0 Å². The second-order valence-electron chi connectivity index (χ2n) is 3.93. The molecule has 4 heteroatoms. The highest BCUT2D eigenvalue weighted by Crippen LogP contribution is 2.31. The summed E-state index contributed by atoms with van der Waals surface area (Å²) in [7, 11) is 0. The van der Waals surface area contributed by atoms with Crippen molar-refractivity contribution in [3.8, 4) is 16.9 Å². The second-order valence-corrected chi connectivity index (χ2v) is 3.93. The van der Waals surface area contributed by atoms with Crippen molar-refractivity contribution < 1.29 is 13.9 Å². The van der Waals surface area contributed by atoms with Crippen molar-refractivity contribution in [2.75, 3.05) is 0 Å². The van der Waals surface area contributed by atoms with Gasteiger partial charge in [0.25, 0.3) is 0 Å². The maximum absolute atomic E-state index is 13.3. The van der Waals surface area contributed by atoms with Gasteiger partial charge in [0.1, 0.15) is 11.6 Å². The minimum absolute atomic E-state index is 0.245. The highest BCUT2D eigenvalue weighted by molar-refractivity contribution is 5.76. The number of carbonyl (C=O) groups is 1. The van der Waals surface area contributed by atoms with Crippen LogP contribution in [0.25, 0.3) is 11.1 Å². The summed E-state index contributed by atoms with van der Waals surface area (Å²) in [5.41, 5.74) is 7.28. The van der Waals surface area contributed by atoms with Crippen LogP contribution in [0.1, 0.15) is 5.56 Å². The molecule has 0 bridgehead atoms. The smallest absolute Gasteiger partial charge is 0.409 e. The first kappa shape index (κ1) is 12.1. The largest absolute Gasteiger partial charge is 0.410 e. The maximum Gasteiger partial charge on any atom is 0.409 e. The fraction of sp³-hybridized carbons (Fsp3) is 0.0714. The zero-order valence-corrected chi connectivity index (χ0v) is 9.81. The van der Waals surface area contributed by atoms with E-state index in [0.29, 0.717) is 5.56 Å². The third-order valence-electron chi connectivity index (χ3n) is 2.48. The molecule has 0 spiro atoms. The van der Waals surface area contributed by atoms with Crippen LogP contribution in [0.5, 0.6) is 5.75 Å². The van der Waals surface area contributed by atoms with Crippen molar-refractivity contribution in [1.82, 2.24) is 0 Å². The zero-order valence-electron chi connectivity index (χ0n) is 9.81. The summed E-state index contributed by atoms with van der Waals surface area (Å²) < 4.78 is 18.2. The minimum Gasteiger partial charge on any atom is -0.410 e. The monoisotopic (exact) mass is 245 g/mol. The lowest BCUT2D eigenvalue weighted by Gasteiger charge is -2.09.